The number of nitrogens with two attached hydrogens (primary N) is 1. The first-order valence-corrected chi connectivity index (χ1v) is 7.84. The van der Waals surface area contributed by atoms with E-state index in [1.807, 2.05) is 41.9 Å². The Labute approximate surface area is 132 Å². The summed E-state index contributed by atoms with van der Waals surface area (Å²) in [7, 11) is 0. The number of benzene rings is 1. The number of fused-ring (bicyclic) bond motifs is 1. The number of aromatic nitrogens is 2. The summed E-state index contributed by atoms with van der Waals surface area (Å²) < 4.78 is 0. The lowest BCUT2D eigenvalue weighted by Crippen LogP contribution is -2.16. The molecule has 0 aliphatic carbocycles. The van der Waals surface area contributed by atoms with Gasteiger partial charge in [0.1, 0.15) is 10.8 Å². The Hall–Kier alpha value is -2.05. The van der Waals surface area contributed by atoms with Gasteiger partial charge in [0.2, 0.25) is 0 Å². The molecule has 0 bridgehead atoms. The molecule has 0 saturated carbocycles. The third-order valence-electron chi connectivity index (χ3n) is 3.10. The van der Waals surface area contributed by atoms with Crippen LogP contribution >= 0.6 is 23.6 Å². The van der Waals surface area contributed by atoms with Crippen LogP contribution in [-0.4, -0.2) is 21.5 Å². The molecule has 2 heterocycles. The molecule has 4 nitrogen and oxygen atoms in total. The number of anilines is 1. The average Bonchev–Trinajstić information content (AvgIpc) is 2.99. The molecule has 3 aromatic rings. The van der Waals surface area contributed by atoms with E-state index in [1.54, 1.807) is 11.3 Å². The van der Waals surface area contributed by atoms with Gasteiger partial charge in [0.15, 0.2) is 0 Å². The van der Waals surface area contributed by atoms with Gasteiger partial charge in [-0.25, -0.2) is 9.97 Å². The van der Waals surface area contributed by atoms with Gasteiger partial charge in [-0.1, -0.05) is 30.4 Å². The van der Waals surface area contributed by atoms with Crippen molar-refractivity contribution in [1.82, 2.24) is 9.97 Å². The Balaban J connectivity index is 1.85. The zero-order valence-corrected chi connectivity index (χ0v) is 12.9. The summed E-state index contributed by atoms with van der Waals surface area (Å²) >= 11 is 6.78. The monoisotopic (exact) mass is 314 g/mol. The molecular weight excluding hydrogens is 300 g/mol. The SMILES string of the molecule is NC(=S)c1cc2ccccc2nc1NCCc1nccs1. The summed E-state index contributed by atoms with van der Waals surface area (Å²) in [4.78, 5) is 9.23. The van der Waals surface area contributed by atoms with E-state index in [-0.39, 0.29) is 0 Å². The fraction of sp³-hybridized carbons (Fsp3) is 0.133. The van der Waals surface area contributed by atoms with E-state index in [9.17, 15) is 0 Å². The molecule has 0 aliphatic rings. The highest BCUT2D eigenvalue weighted by Crippen LogP contribution is 2.20. The molecule has 1 aromatic carbocycles. The molecule has 2 aromatic heterocycles. The largest absolute Gasteiger partial charge is 0.389 e. The zero-order valence-electron chi connectivity index (χ0n) is 11.2. The fourth-order valence-corrected chi connectivity index (χ4v) is 2.88. The molecule has 0 amide bonds. The second-order valence-electron chi connectivity index (χ2n) is 4.54. The minimum Gasteiger partial charge on any atom is -0.389 e. The van der Waals surface area contributed by atoms with Gasteiger partial charge in [-0.15, -0.1) is 11.3 Å². The Morgan fingerprint density at radius 2 is 2.19 bits per heavy atom. The molecule has 3 N–H and O–H groups in total. The maximum atomic E-state index is 5.81. The first kappa shape index (κ1) is 13.9. The van der Waals surface area contributed by atoms with Crippen molar-refractivity contribution in [2.24, 2.45) is 5.73 Å². The third kappa shape index (κ3) is 3.17. The lowest BCUT2D eigenvalue weighted by Gasteiger charge is -2.11. The molecule has 0 atom stereocenters. The normalized spacial score (nSPS) is 10.7. The molecule has 0 saturated heterocycles. The lowest BCUT2D eigenvalue weighted by molar-refractivity contribution is 0.989. The van der Waals surface area contributed by atoms with Crippen molar-refractivity contribution < 1.29 is 0 Å². The van der Waals surface area contributed by atoms with Crippen LogP contribution in [0.5, 0.6) is 0 Å². The highest BCUT2D eigenvalue weighted by Gasteiger charge is 2.09. The van der Waals surface area contributed by atoms with Gasteiger partial charge in [0.05, 0.1) is 16.1 Å². The van der Waals surface area contributed by atoms with E-state index in [1.165, 1.54) is 0 Å². The number of nitrogens with zero attached hydrogens (tertiary/aromatic N) is 2. The Morgan fingerprint density at radius 1 is 1.33 bits per heavy atom. The summed E-state index contributed by atoms with van der Waals surface area (Å²) in [6, 6.07) is 9.91. The van der Waals surface area contributed by atoms with Crippen LogP contribution < -0.4 is 11.1 Å². The quantitative estimate of drug-likeness (QED) is 0.709. The fourth-order valence-electron chi connectivity index (χ4n) is 2.10. The number of para-hydroxylation sites is 1. The van der Waals surface area contributed by atoms with Crippen molar-refractivity contribution in [3.05, 3.63) is 52.5 Å². The van der Waals surface area contributed by atoms with E-state index < -0.39 is 0 Å². The number of hydrogen-bond donors (Lipinski definition) is 2. The summed E-state index contributed by atoms with van der Waals surface area (Å²) in [6.07, 6.45) is 2.66. The molecule has 0 aliphatic heterocycles. The van der Waals surface area contributed by atoms with Gasteiger partial charge in [0.25, 0.3) is 0 Å². The van der Waals surface area contributed by atoms with Crippen LogP contribution in [0.1, 0.15) is 10.6 Å². The Kier molecular flexibility index (Phi) is 4.08. The standard InChI is InChI=1S/C15H14N4S2/c16-14(20)11-9-10-3-1-2-4-12(10)19-15(11)18-6-5-13-17-7-8-21-13/h1-4,7-9H,5-6H2,(H2,16,20)(H,18,19). The number of thiocarbonyl (C=S) groups is 1. The summed E-state index contributed by atoms with van der Waals surface area (Å²) in [5.74, 6) is 0.734. The Bertz CT molecular complexity index is 768. The second kappa shape index (κ2) is 6.15. The minimum atomic E-state index is 0.352. The molecule has 0 fully saturated rings. The number of thiazole rings is 1. The minimum absolute atomic E-state index is 0.352. The second-order valence-corrected chi connectivity index (χ2v) is 5.96. The van der Waals surface area contributed by atoms with E-state index in [4.69, 9.17) is 18.0 Å². The topological polar surface area (TPSA) is 63.8 Å². The van der Waals surface area contributed by atoms with Gasteiger partial charge in [-0.2, -0.15) is 0 Å². The van der Waals surface area contributed by atoms with Crippen LogP contribution in [0.25, 0.3) is 10.9 Å². The molecule has 3 rings (SSSR count). The number of hydrogen-bond acceptors (Lipinski definition) is 5. The van der Waals surface area contributed by atoms with Crippen molar-refractivity contribution in [3.8, 4) is 0 Å². The van der Waals surface area contributed by atoms with E-state index in [0.717, 1.165) is 40.3 Å². The molecule has 6 heteroatoms. The van der Waals surface area contributed by atoms with Gasteiger partial charge in [-0.05, 0) is 12.1 Å². The van der Waals surface area contributed by atoms with Crippen LogP contribution in [0.2, 0.25) is 0 Å². The van der Waals surface area contributed by atoms with Crippen LogP contribution in [0.4, 0.5) is 5.82 Å². The molecule has 0 radical (unpaired) electrons. The highest BCUT2D eigenvalue weighted by atomic mass is 32.1. The summed E-state index contributed by atoms with van der Waals surface area (Å²) in [6.45, 7) is 0.745. The number of pyridine rings is 1. The zero-order chi connectivity index (χ0) is 14.7. The van der Waals surface area contributed by atoms with Crippen LogP contribution in [0.3, 0.4) is 0 Å². The van der Waals surface area contributed by atoms with Crippen molar-refractivity contribution >= 4 is 45.3 Å². The maximum absolute atomic E-state index is 5.81. The maximum Gasteiger partial charge on any atom is 0.136 e. The predicted molar refractivity (Wildman–Crippen MR) is 91.9 cm³/mol. The third-order valence-corrected chi connectivity index (χ3v) is 4.16. The van der Waals surface area contributed by atoms with E-state index in [2.05, 4.69) is 15.3 Å². The van der Waals surface area contributed by atoms with Crippen LogP contribution in [-0.2, 0) is 6.42 Å². The molecule has 0 spiro atoms. The van der Waals surface area contributed by atoms with Crippen molar-refractivity contribution in [2.45, 2.75) is 6.42 Å². The predicted octanol–water partition coefficient (Wildman–Crippen LogP) is 2.98. The average molecular weight is 314 g/mol. The van der Waals surface area contributed by atoms with Gasteiger partial charge >= 0.3 is 0 Å². The molecule has 21 heavy (non-hydrogen) atoms. The summed E-state index contributed by atoms with van der Waals surface area (Å²) in [5, 5.41) is 7.42. The Morgan fingerprint density at radius 3 is 2.95 bits per heavy atom. The van der Waals surface area contributed by atoms with E-state index in [0.29, 0.717) is 4.99 Å². The van der Waals surface area contributed by atoms with Gasteiger partial charge < -0.3 is 11.1 Å². The van der Waals surface area contributed by atoms with E-state index >= 15 is 0 Å². The first-order chi connectivity index (χ1) is 10.2. The van der Waals surface area contributed by atoms with Crippen molar-refractivity contribution in [3.63, 3.8) is 0 Å². The van der Waals surface area contributed by atoms with Crippen LogP contribution in [0.15, 0.2) is 41.9 Å². The molecular formula is C15H14N4S2. The lowest BCUT2D eigenvalue weighted by atomic mass is 10.1. The first-order valence-electron chi connectivity index (χ1n) is 6.56. The van der Waals surface area contributed by atoms with Crippen molar-refractivity contribution in [2.75, 3.05) is 11.9 Å². The highest BCUT2D eigenvalue weighted by molar-refractivity contribution is 7.80. The number of nitrogens with one attached hydrogen (secondary N) is 1. The molecule has 106 valence electrons. The number of rotatable bonds is 5. The molecule has 0 unspecified atom stereocenters. The smallest absolute Gasteiger partial charge is 0.136 e. The van der Waals surface area contributed by atoms with Gasteiger partial charge in [0, 0.05) is 29.9 Å². The summed E-state index contributed by atoms with van der Waals surface area (Å²) in [5.41, 5.74) is 7.52. The van der Waals surface area contributed by atoms with Crippen molar-refractivity contribution in [1.29, 1.82) is 0 Å². The van der Waals surface area contributed by atoms with Crippen LogP contribution in [0, 0.1) is 0 Å². The van der Waals surface area contributed by atoms with Gasteiger partial charge in [-0.3, -0.25) is 0 Å².